The summed E-state index contributed by atoms with van der Waals surface area (Å²) < 4.78 is 5.50. The fourth-order valence-electron chi connectivity index (χ4n) is 2.63. The van der Waals surface area contributed by atoms with Gasteiger partial charge in [-0.05, 0) is 24.8 Å². The average molecular weight is 266 g/mol. The lowest BCUT2D eigenvalue weighted by molar-refractivity contribution is 0.281. The molecule has 2 N–H and O–H groups in total. The third-order valence-electron chi connectivity index (χ3n) is 3.96. The fraction of sp³-hybridized carbons (Fsp3) is 0.857. The summed E-state index contributed by atoms with van der Waals surface area (Å²) in [4.78, 5) is 0. The van der Waals surface area contributed by atoms with E-state index in [4.69, 9.17) is 4.42 Å². The molecule has 1 aliphatic rings. The van der Waals surface area contributed by atoms with Gasteiger partial charge in [0, 0.05) is 6.54 Å². The molecule has 1 aromatic rings. The van der Waals surface area contributed by atoms with Crippen LogP contribution in [0.3, 0.4) is 0 Å². The molecule has 0 atom stereocenters. The van der Waals surface area contributed by atoms with E-state index in [1.807, 2.05) is 0 Å². The van der Waals surface area contributed by atoms with Gasteiger partial charge in [0.2, 0.25) is 5.89 Å². The SMILES string of the molecule is CCNCc1nnc(NCCC2CCC(C)CC2)o1. The Labute approximate surface area is 115 Å². The van der Waals surface area contributed by atoms with E-state index in [2.05, 4.69) is 34.7 Å². The third-order valence-corrected chi connectivity index (χ3v) is 3.96. The number of nitrogens with one attached hydrogen (secondary N) is 2. The first-order valence-corrected chi connectivity index (χ1v) is 7.55. The van der Waals surface area contributed by atoms with E-state index in [0.29, 0.717) is 18.5 Å². The Morgan fingerprint density at radius 1 is 1.21 bits per heavy atom. The van der Waals surface area contributed by atoms with Crippen LogP contribution >= 0.6 is 0 Å². The molecule has 0 saturated heterocycles. The van der Waals surface area contributed by atoms with Gasteiger partial charge in [0.25, 0.3) is 0 Å². The summed E-state index contributed by atoms with van der Waals surface area (Å²) in [5.74, 6) is 2.44. The first kappa shape index (κ1) is 14.3. The lowest BCUT2D eigenvalue weighted by atomic mass is 9.81. The van der Waals surface area contributed by atoms with E-state index < -0.39 is 0 Å². The number of hydrogen-bond donors (Lipinski definition) is 2. The summed E-state index contributed by atoms with van der Waals surface area (Å²) in [6, 6.07) is 0.553. The molecule has 108 valence electrons. The summed E-state index contributed by atoms with van der Waals surface area (Å²) in [7, 11) is 0. The predicted molar refractivity (Wildman–Crippen MR) is 75.9 cm³/mol. The maximum Gasteiger partial charge on any atom is 0.315 e. The van der Waals surface area contributed by atoms with Gasteiger partial charge in [-0.1, -0.05) is 44.6 Å². The van der Waals surface area contributed by atoms with Crippen molar-refractivity contribution in [3.63, 3.8) is 0 Å². The van der Waals surface area contributed by atoms with Gasteiger partial charge in [-0.25, -0.2) is 0 Å². The van der Waals surface area contributed by atoms with Gasteiger partial charge in [-0.3, -0.25) is 0 Å². The first-order valence-electron chi connectivity index (χ1n) is 7.55. The molecular formula is C14H26N4O. The minimum absolute atomic E-state index is 0.553. The highest BCUT2D eigenvalue weighted by Gasteiger charge is 2.17. The van der Waals surface area contributed by atoms with Crippen LogP contribution in [0.5, 0.6) is 0 Å². The lowest BCUT2D eigenvalue weighted by Gasteiger charge is -2.25. The molecule has 1 aromatic heterocycles. The third kappa shape index (κ3) is 4.82. The van der Waals surface area contributed by atoms with Crippen LogP contribution in [-0.4, -0.2) is 23.3 Å². The number of aromatic nitrogens is 2. The Bertz CT molecular complexity index is 358. The zero-order valence-electron chi connectivity index (χ0n) is 12.1. The lowest BCUT2D eigenvalue weighted by Crippen LogP contribution is -2.15. The number of rotatable bonds is 7. The van der Waals surface area contributed by atoms with Gasteiger partial charge in [0.15, 0.2) is 0 Å². The molecule has 5 nitrogen and oxygen atoms in total. The Kier molecular flexibility index (Phi) is 5.63. The summed E-state index contributed by atoms with van der Waals surface area (Å²) >= 11 is 0. The zero-order chi connectivity index (χ0) is 13.5. The van der Waals surface area contributed by atoms with Crippen LogP contribution in [0.1, 0.15) is 51.8 Å². The normalized spacial score (nSPS) is 23.5. The van der Waals surface area contributed by atoms with Crippen molar-refractivity contribution in [1.82, 2.24) is 15.5 Å². The Balaban J connectivity index is 1.63. The highest BCUT2D eigenvalue weighted by molar-refractivity contribution is 5.16. The number of anilines is 1. The molecule has 1 fully saturated rings. The van der Waals surface area contributed by atoms with E-state index in [1.165, 1.54) is 32.1 Å². The first-order chi connectivity index (χ1) is 9.28. The largest absolute Gasteiger partial charge is 0.407 e. The molecule has 0 amide bonds. The molecule has 19 heavy (non-hydrogen) atoms. The van der Waals surface area contributed by atoms with E-state index in [-0.39, 0.29) is 0 Å². The van der Waals surface area contributed by atoms with E-state index >= 15 is 0 Å². The van der Waals surface area contributed by atoms with Crippen molar-refractivity contribution in [2.75, 3.05) is 18.4 Å². The van der Waals surface area contributed by atoms with E-state index in [0.717, 1.165) is 24.9 Å². The van der Waals surface area contributed by atoms with Gasteiger partial charge in [-0.15, -0.1) is 5.10 Å². The molecule has 1 saturated carbocycles. The topological polar surface area (TPSA) is 63.0 Å². The predicted octanol–water partition coefficient (Wildman–Crippen LogP) is 2.81. The van der Waals surface area contributed by atoms with Gasteiger partial charge in [-0.2, -0.15) is 0 Å². The second-order valence-corrected chi connectivity index (χ2v) is 5.62. The second kappa shape index (κ2) is 7.48. The van der Waals surface area contributed by atoms with Crippen LogP contribution in [0.25, 0.3) is 0 Å². The van der Waals surface area contributed by atoms with Crippen LogP contribution in [0, 0.1) is 11.8 Å². The van der Waals surface area contributed by atoms with Gasteiger partial charge in [0.05, 0.1) is 6.54 Å². The highest BCUT2D eigenvalue weighted by Crippen LogP contribution is 2.30. The zero-order valence-corrected chi connectivity index (χ0v) is 12.1. The maximum absolute atomic E-state index is 5.50. The molecule has 0 radical (unpaired) electrons. The molecule has 1 heterocycles. The molecule has 0 spiro atoms. The van der Waals surface area contributed by atoms with Crippen LogP contribution in [0.15, 0.2) is 4.42 Å². The smallest absolute Gasteiger partial charge is 0.315 e. The fourth-order valence-corrected chi connectivity index (χ4v) is 2.63. The Morgan fingerprint density at radius 3 is 2.74 bits per heavy atom. The highest BCUT2D eigenvalue weighted by atomic mass is 16.4. The Morgan fingerprint density at radius 2 is 2.00 bits per heavy atom. The van der Waals surface area contributed by atoms with E-state index in [1.54, 1.807) is 0 Å². The second-order valence-electron chi connectivity index (χ2n) is 5.62. The van der Waals surface area contributed by atoms with Gasteiger partial charge >= 0.3 is 6.01 Å². The summed E-state index contributed by atoms with van der Waals surface area (Å²) in [5, 5.41) is 14.4. The van der Waals surface area contributed by atoms with Crippen LogP contribution in [-0.2, 0) is 6.54 Å². The van der Waals surface area contributed by atoms with Gasteiger partial charge in [0.1, 0.15) is 0 Å². The molecule has 0 bridgehead atoms. The number of hydrogen-bond acceptors (Lipinski definition) is 5. The summed E-state index contributed by atoms with van der Waals surface area (Å²) in [5.41, 5.74) is 0. The van der Waals surface area contributed by atoms with Crippen molar-refractivity contribution in [3.8, 4) is 0 Å². The van der Waals surface area contributed by atoms with Crippen molar-refractivity contribution >= 4 is 6.01 Å². The molecule has 1 aliphatic carbocycles. The number of nitrogens with zero attached hydrogens (tertiary/aromatic N) is 2. The van der Waals surface area contributed by atoms with Crippen molar-refractivity contribution in [3.05, 3.63) is 5.89 Å². The standard InChI is InChI=1S/C14H26N4O/c1-3-15-10-13-17-18-14(19-13)16-9-8-12-6-4-11(2)5-7-12/h11-12,15H,3-10H2,1-2H3,(H,16,18). The molecular weight excluding hydrogens is 240 g/mol. The molecule has 0 aliphatic heterocycles. The van der Waals surface area contributed by atoms with Crippen molar-refractivity contribution in [1.29, 1.82) is 0 Å². The van der Waals surface area contributed by atoms with Crippen LogP contribution < -0.4 is 10.6 Å². The van der Waals surface area contributed by atoms with Gasteiger partial charge < -0.3 is 15.1 Å². The Hall–Kier alpha value is -1.10. The van der Waals surface area contributed by atoms with Crippen molar-refractivity contribution in [2.24, 2.45) is 11.8 Å². The average Bonchev–Trinajstić information content (AvgIpc) is 2.87. The van der Waals surface area contributed by atoms with Crippen molar-refractivity contribution in [2.45, 2.75) is 52.5 Å². The van der Waals surface area contributed by atoms with Crippen LogP contribution in [0.4, 0.5) is 6.01 Å². The molecule has 2 rings (SSSR count). The maximum atomic E-state index is 5.50. The summed E-state index contributed by atoms with van der Waals surface area (Å²) in [6.07, 6.45) is 6.73. The quantitative estimate of drug-likeness (QED) is 0.794. The monoisotopic (exact) mass is 266 g/mol. The molecule has 5 heteroatoms. The van der Waals surface area contributed by atoms with Crippen molar-refractivity contribution < 1.29 is 4.42 Å². The molecule has 0 unspecified atom stereocenters. The van der Waals surface area contributed by atoms with E-state index in [9.17, 15) is 0 Å². The minimum atomic E-state index is 0.553. The molecule has 0 aromatic carbocycles. The summed E-state index contributed by atoms with van der Waals surface area (Å²) in [6.45, 7) is 6.90. The van der Waals surface area contributed by atoms with Crippen LogP contribution in [0.2, 0.25) is 0 Å². The minimum Gasteiger partial charge on any atom is -0.407 e.